The molecule has 2 N–H and O–H groups in total. The predicted molar refractivity (Wildman–Crippen MR) is 160 cm³/mol. The summed E-state index contributed by atoms with van der Waals surface area (Å²) in [5, 5.41) is 16.8. The molecule has 37 heavy (non-hydrogen) atoms. The minimum Gasteiger partial charge on any atom is -0.478 e. The van der Waals surface area contributed by atoms with E-state index in [1.807, 2.05) is 0 Å². The molecule has 0 atom stereocenters. The van der Waals surface area contributed by atoms with Gasteiger partial charge < -0.3 is 10.2 Å². The molecule has 0 rings (SSSR count). The number of hydrogen-bond donors (Lipinski definition) is 2. The minimum absolute atomic E-state index is 0.834. The molecule has 0 aromatic carbocycles. The second-order valence-electron chi connectivity index (χ2n) is 10.5. The summed E-state index contributed by atoms with van der Waals surface area (Å²) in [5.74, 6) is -1.67. The minimum atomic E-state index is -0.835. The van der Waals surface area contributed by atoms with Crippen molar-refractivity contribution in [3.8, 4) is 0 Å². The van der Waals surface area contributed by atoms with E-state index < -0.39 is 11.9 Å². The first-order chi connectivity index (χ1) is 18.0. The number of allylic oxidation sites excluding steroid dienone is 2. The lowest BCUT2D eigenvalue weighted by molar-refractivity contribution is -0.132. The largest absolute Gasteiger partial charge is 0.478 e. The van der Waals surface area contributed by atoms with E-state index in [2.05, 4.69) is 13.8 Å². The fourth-order valence-electron chi connectivity index (χ4n) is 4.40. The van der Waals surface area contributed by atoms with Crippen LogP contribution >= 0.6 is 0 Å². The Bertz CT molecular complexity index is 524. The SMILES string of the molecule is CCCCCCCCCCCCCC=CC(=O)O.CCCCCCCCCCCCCCC=CC(=O)O. The van der Waals surface area contributed by atoms with Gasteiger partial charge in [0.05, 0.1) is 0 Å². The maximum Gasteiger partial charge on any atom is 0.327 e. The quantitative estimate of drug-likeness (QED) is 0.0830. The van der Waals surface area contributed by atoms with Crippen molar-refractivity contribution in [1.29, 1.82) is 0 Å². The van der Waals surface area contributed by atoms with E-state index in [4.69, 9.17) is 10.2 Å². The number of aliphatic carboxylic acids is 2. The van der Waals surface area contributed by atoms with Gasteiger partial charge in [-0.2, -0.15) is 0 Å². The number of carboxylic acids is 2. The highest BCUT2D eigenvalue weighted by Gasteiger charge is 1.94. The smallest absolute Gasteiger partial charge is 0.327 e. The molecular weight excluding hydrogens is 460 g/mol. The van der Waals surface area contributed by atoms with Gasteiger partial charge in [-0.25, -0.2) is 9.59 Å². The van der Waals surface area contributed by atoms with Gasteiger partial charge in [0.25, 0.3) is 0 Å². The number of hydrogen-bond acceptors (Lipinski definition) is 2. The van der Waals surface area contributed by atoms with Crippen molar-refractivity contribution in [2.75, 3.05) is 0 Å². The standard InChI is InChI=1S/C17H32O2.C16H30O2/c1-2-3-4-5-6-7-8-9-10-11-12-13-14-15-16-17(18)19;1-2-3-4-5-6-7-8-9-10-11-12-13-14-15-16(17)18/h15-16H,2-14H2,1H3,(H,18,19);14-15H,2-13H2,1H3,(H,17,18). The summed E-state index contributed by atoms with van der Waals surface area (Å²) < 4.78 is 0. The lowest BCUT2D eigenvalue weighted by atomic mass is 10.0. The Balaban J connectivity index is 0. The topological polar surface area (TPSA) is 74.6 Å². The molecule has 4 nitrogen and oxygen atoms in total. The second-order valence-corrected chi connectivity index (χ2v) is 10.5. The van der Waals surface area contributed by atoms with Crippen molar-refractivity contribution in [2.45, 2.75) is 174 Å². The maximum absolute atomic E-state index is 10.2. The monoisotopic (exact) mass is 522 g/mol. The van der Waals surface area contributed by atoms with Crippen LogP contribution in [-0.2, 0) is 9.59 Å². The summed E-state index contributed by atoms with van der Waals surface area (Å²) in [6.07, 6.45) is 38.7. The molecule has 0 saturated carbocycles. The summed E-state index contributed by atoms with van der Waals surface area (Å²) >= 11 is 0. The highest BCUT2D eigenvalue weighted by molar-refractivity contribution is 5.79. The van der Waals surface area contributed by atoms with Gasteiger partial charge >= 0.3 is 11.9 Å². The summed E-state index contributed by atoms with van der Waals surface area (Å²) in [5.41, 5.74) is 0. The zero-order chi connectivity index (χ0) is 27.7. The lowest BCUT2D eigenvalue weighted by Crippen LogP contribution is -1.86. The van der Waals surface area contributed by atoms with Crippen molar-refractivity contribution in [2.24, 2.45) is 0 Å². The molecule has 0 radical (unpaired) electrons. The predicted octanol–water partition coefficient (Wildman–Crippen LogP) is 11.0. The molecule has 218 valence electrons. The zero-order valence-corrected chi connectivity index (χ0v) is 24.7. The third-order valence-corrected chi connectivity index (χ3v) is 6.72. The molecule has 0 aromatic rings. The Morgan fingerprint density at radius 2 is 0.622 bits per heavy atom. The highest BCUT2D eigenvalue weighted by Crippen LogP contribution is 2.13. The summed E-state index contributed by atoms with van der Waals surface area (Å²) in [4.78, 5) is 20.4. The third kappa shape index (κ3) is 41.8. The van der Waals surface area contributed by atoms with E-state index in [1.165, 1.54) is 147 Å². The number of carboxylic acid groups (broad SMARTS) is 2. The van der Waals surface area contributed by atoms with Gasteiger partial charge in [-0.3, -0.25) is 0 Å². The first-order valence-electron chi connectivity index (χ1n) is 15.8. The molecule has 0 unspecified atom stereocenters. The Morgan fingerprint density at radius 1 is 0.405 bits per heavy atom. The Morgan fingerprint density at radius 3 is 0.838 bits per heavy atom. The molecule has 0 aliphatic rings. The van der Waals surface area contributed by atoms with Crippen molar-refractivity contribution in [1.82, 2.24) is 0 Å². The Kier molecular flexibility index (Phi) is 35.0. The van der Waals surface area contributed by atoms with Crippen LogP contribution in [0.3, 0.4) is 0 Å². The lowest BCUT2D eigenvalue weighted by Gasteiger charge is -2.02. The second kappa shape index (κ2) is 34.4. The van der Waals surface area contributed by atoms with E-state index in [0.29, 0.717) is 0 Å². The molecular formula is C33H62O4. The van der Waals surface area contributed by atoms with Gasteiger partial charge in [0.15, 0.2) is 0 Å². The van der Waals surface area contributed by atoms with Crippen molar-refractivity contribution in [3.63, 3.8) is 0 Å². The van der Waals surface area contributed by atoms with Crippen LogP contribution in [0.5, 0.6) is 0 Å². The Hall–Kier alpha value is -1.58. The molecule has 0 fully saturated rings. The summed E-state index contributed by atoms with van der Waals surface area (Å²) in [6, 6.07) is 0. The van der Waals surface area contributed by atoms with Gasteiger partial charge in [0, 0.05) is 12.2 Å². The van der Waals surface area contributed by atoms with Crippen LogP contribution in [0.25, 0.3) is 0 Å². The fourth-order valence-corrected chi connectivity index (χ4v) is 4.40. The van der Waals surface area contributed by atoms with Crippen LogP contribution in [0.2, 0.25) is 0 Å². The average molecular weight is 523 g/mol. The molecule has 0 bridgehead atoms. The molecule has 0 saturated heterocycles. The van der Waals surface area contributed by atoms with Crippen LogP contribution in [-0.4, -0.2) is 22.2 Å². The fraction of sp³-hybridized carbons (Fsp3) is 0.818. The number of rotatable bonds is 27. The van der Waals surface area contributed by atoms with Crippen molar-refractivity contribution >= 4 is 11.9 Å². The van der Waals surface area contributed by atoms with Gasteiger partial charge in [0.1, 0.15) is 0 Å². The molecule has 0 aliphatic heterocycles. The van der Waals surface area contributed by atoms with E-state index in [1.54, 1.807) is 12.2 Å². The zero-order valence-electron chi connectivity index (χ0n) is 24.7. The first-order valence-corrected chi connectivity index (χ1v) is 15.8. The molecule has 0 spiro atoms. The molecule has 0 aromatic heterocycles. The van der Waals surface area contributed by atoms with Crippen molar-refractivity contribution in [3.05, 3.63) is 24.3 Å². The van der Waals surface area contributed by atoms with Crippen molar-refractivity contribution < 1.29 is 19.8 Å². The number of carbonyl (C=O) groups is 2. The number of unbranched alkanes of at least 4 members (excludes halogenated alkanes) is 23. The van der Waals surface area contributed by atoms with Gasteiger partial charge in [-0.05, 0) is 25.7 Å². The molecule has 0 aliphatic carbocycles. The normalized spacial score (nSPS) is 11.2. The summed E-state index contributed by atoms with van der Waals surface area (Å²) in [7, 11) is 0. The van der Waals surface area contributed by atoms with Gasteiger partial charge in [-0.15, -0.1) is 0 Å². The van der Waals surface area contributed by atoms with Crippen LogP contribution in [0.1, 0.15) is 174 Å². The summed E-state index contributed by atoms with van der Waals surface area (Å²) in [6.45, 7) is 4.52. The van der Waals surface area contributed by atoms with Crippen LogP contribution in [0, 0.1) is 0 Å². The highest BCUT2D eigenvalue weighted by atomic mass is 16.4. The van der Waals surface area contributed by atoms with E-state index in [-0.39, 0.29) is 0 Å². The van der Waals surface area contributed by atoms with Gasteiger partial charge in [0.2, 0.25) is 0 Å². The third-order valence-electron chi connectivity index (χ3n) is 6.72. The van der Waals surface area contributed by atoms with Crippen LogP contribution in [0.4, 0.5) is 0 Å². The van der Waals surface area contributed by atoms with Crippen LogP contribution in [0.15, 0.2) is 24.3 Å². The maximum atomic E-state index is 10.2. The molecule has 0 heterocycles. The van der Waals surface area contributed by atoms with Gasteiger partial charge in [-0.1, -0.05) is 161 Å². The van der Waals surface area contributed by atoms with Crippen LogP contribution < -0.4 is 0 Å². The van der Waals surface area contributed by atoms with E-state index >= 15 is 0 Å². The average Bonchev–Trinajstić information content (AvgIpc) is 2.87. The van der Waals surface area contributed by atoms with E-state index in [9.17, 15) is 9.59 Å². The van der Waals surface area contributed by atoms with E-state index in [0.717, 1.165) is 25.7 Å². The molecule has 4 heteroatoms. The first kappa shape index (κ1) is 37.6. The molecule has 0 amide bonds. The Labute approximate surface area is 230 Å².